The van der Waals surface area contributed by atoms with E-state index >= 15 is 0 Å². The first-order valence-corrected chi connectivity index (χ1v) is 10.4. The summed E-state index contributed by atoms with van der Waals surface area (Å²) in [5.74, 6) is -0.929. The number of carbonyl (C=O) groups excluding carboxylic acids is 1. The lowest BCUT2D eigenvalue weighted by atomic mass is 10.1. The number of carboxylic acids is 1. The number of hydrogen-bond donors (Lipinski definition) is 3. The Morgan fingerprint density at radius 3 is 2.41 bits per heavy atom. The van der Waals surface area contributed by atoms with Crippen molar-refractivity contribution in [1.29, 1.82) is 0 Å². The molecule has 0 bridgehead atoms. The Kier molecular flexibility index (Phi) is 11.0. The maximum absolute atomic E-state index is 11.8. The molecule has 8 heteroatoms. The summed E-state index contributed by atoms with van der Waals surface area (Å²) in [5.41, 5.74) is 0.443. The summed E-state index contributed by atoms with van der Waals surface area (Å²) in [5, 5.41) is 21.7. The van der Waals surface area contributed by atoms with Gasteiger partial charge in [-0.1, -0.05) is 30.3 Å². The fourth-order valence-corrected chi connectivity index (χ4v) is 2.91. The minimum absolute atomic E-state index is 0.159. The van der Waals surface area contributed by atoms with Crippen molar-refractivity contribution in [1.82, 2.24) is 10.2 Å². The number of alkyl halides is 1. The monoisotopic (exact) mass is 428 g/mol. The Hall–Kier alpha value is -1.83. The maximum atomic E-state index is 11.8. The van der Waals surface area contributed by atoms with E-state index in [4.69, 9.17) is 16.3 Å². The topological polar surface area (TPSA) is 99.1 Å². The molecule has 0 radical (unpaired) electrons. The molecule has 0 unspecified atom stereocenters. The molecule has 0 aliphatic heterocycles. The number of halogens is 1. The number of aliphatic hydroxyl groups excluding tert-OH is 1. The summed E-state index contributed by atoms with van der Waals surface area (Å²) in [6.07, 6.45) is 0.268. The largest absolute Gasteiger partial charge is 0.480 e. The Balaban J connectivity index is 2.51. The summed E-state index contributed by atoms with van der Waals surface area (Å²) in [6, 6.07) is 8.92. The van der Waals surface area contributed by atoms with Gasteiger partial charge < -0.3 is 20.3 Å². The molecule has 7 nitrogen and oxygen atoms in total. The number of hydrogen-bond acceptors (Lipinski definition) is 5. The van der Waals surface area contributed by atoms with Gasteiger partial charge in [0.25, 0.3) is 0 Å². The number of aliphatic carboxylic acids is 1. The number of nitrogens with zero attached hydrogens (tertiary/aromatic N) is 1. The van der Waals surface area contributed by atoms with Gasteiger partial charge in [-0.3, -0.25) is 4.90 Å². The van der Waals surface area contributed by atoms with Crippen LogP contribution in [0.4, 0.5) is 4.79 Å². The highest BCUT2D eigenvalue weighted by atomic mass is 35.5. The van der Waals surface area contributed by atoms with Crippen molar-refractivity contribution in [3.05, 3.63) is 35.9 Å². The number of rotatable bonds is 12. The average Bonchev–Trinajstić information content (AvgIpc) is 2.63. The Labute approximate surface area is 178 Å². The number of aliphatic hydroxyl groups is 1. The normalized spacial score (nSPS) is 13.7. The first-order valence-electron chi connectivity index (χ1n) is 9.83. The number of unbranched alkanes of at least 4 members (excludes halogenated alkanes) is 1. The first kappa shape index (κ1) is 25.2. The third-order valence-electron chi connectivity index (χ3n) is 4.10. The van der Waals surface area contributed by atoms with Crippen LogP contribution in [0.25, 0.3) is 0 Å². The third-order valence-corrected chi connectivity index (χ3v) is 4.46. The highest BCUT2D eigenvalue weighted by Gasteiger charge is 2.23. The summed E-state index contributed by atoms with van der Waals surface area (Å²) in [4.78, 5) is 25.3. The van der Waals surface area contributed by atoms with E-state index in [-0.39, 0.29) is 5.88 Å². The Morgan fingerprint density at radius 2 is 1.86 bits per heavy atom. The van der Waals surface area contributed by atoms with Gasteiger partial charge in [0.1, 0.15) is 11.6 Å². The molecule has 0 heterocycles. The van der Waals surface area contributed by atoms with E-state index in [9.17, 15) is 19.8 Å². The van der Waals surface area contributed by atoms with Gasteiger partial charge in [0.2, 0.25) is 0 Å². The lowest BCUT2D eigenvalue weighted by Gasteiger charge is -2.25. The van der Waals surface area contributed by atoms with Crippen molar-refractivity contribution in [2.24, 2.45) is 0 Å². The molecule has 0 spiro atoms. The summed E-state index contributed by atoms with van der Waals surface area (Å²) in [6.45, 7) is 6.96. The molecule has 0 aliphatic rings. The average molecular weight is 429 g/mol. The van der Waals surface area contributed by atoms with Gasteiger partial charge in [-0.05, 0) is 52.1 Å². The molecule has 0 aliphatic carbocycles. The summed E-state index contributed by atoms with van der Waals surface area (Å²) in [7, 11) is 0. The quantitative estimate of drug-likeness (QED) is 0.349. The van der Waals surface area contributed by atoms with Gasteiger partial charge in [0.05, 0.1) is 6.10 Å². The zero-order valence-corrected chi connectivity index (χ0v) is 18.2. The molecule has 3 N–H and O–H groups in total. The summed E-state index contributed by atoms with van der Waals surface area (Å²) >= 11 is 5.74. The maximum Gasteiger partial charge on any atom is 0.408 e. The zero-order chi connectivity index (χ0) is 21.9. The van der Waals surface area contributed by atoms with Crippen molar-refractivity contribution >= 4 is 23.7 Å². The van der Waals surface area contributed by atoms with E-state index in [1.165, 1.54) is 0 Å². The highest BCUT2D eigenvalue weighted by Crippen LogP contribution is 2.11. The van der Waals surface area contributed by atoms with E-state index in [1.54, 1.807) is 20.8 Å². The van der Waals surface area contributed by atoms with E-state index in [0.29, 0.717) is 32.5 Å². The molecule has 0 fully saturated rings. The highest BCUT2D eigenvalue weighted by molar-refractivity contribution is 6.18. The lowest BCUT2D eigenvalue weighted by Crippen LogP contribution is -2.43. The number of benzene rings is 1. The van der Waals surface area contributed by atoms with Crippen LogP contribution in [0.3, 0.4) is 0 Å². The van der Waals surface area contributed by atoms with Crippen LogP contribution in [0.15, 0.2) is 30.3 Å². The number of nitrogens with one attached hydrogen (secondary N) is 1. The molecule has 0 aromatic heterocycles. The third kappa shape index (κ3) is 11.7. The van der Waals surface area contributed by atoms with Gasteiger partial charge >= 0.3 is 12.1 Å². The molecule has 1 aromatic rings. The number of ether oxygens (including phenoxy) is 1. The van der Waals surface area contributed by atoms with Gasteiger partial charge in [-0.25, -0.2) is 9.59 Å². The molecule has 1 amide bonds. The number of carboxylic acid groups (broad SMARTS) is 1. The van der Waals surface area contributed by atoms with E-state index in [1.807, 2.05) is 30.3 Å². The predicted octanol–water partition coefficient (Wildman–Crippen LogP) is 3.24. The first-order chi connectivity index (χ1) is 13.6. The zero-order valence-electron chi connectivity index (χ0n) is 17.4. The molecule has 164 valence electrons. The van der Waals surface area contributed by atoms with Crippen LogP contribution < -0.4 is 5.32 Å². The molecule has 0 saturated carbocycles. The fourth-order valence-electron chi connectivity index (χ4n) is 2.81. The summed E-state index contributed by atoms with van der Waals surface area (Å²) < 4.78 is 5.12. The molecular weight excluding hydrogens is 396 g/mol. The number of alkyl carbamates (subject to hydrolysis) is 1. The van der Waals surface area contributed by atoms with Crippen molar-refractivity contribution in [3.8, 4) is 0 Å². The van der Waals surface area contributed by atoms with E-state index < -0.39 is 29.8 Å². The van der Waals surface area contributed by atoms with Crippen LogP contribution in [0.2, 0.25) is 0 Å². The molecule has 1 aromatic carbocycles. The Bertz CT molecular complexity index is 621. The van der Waals surface area contributed by atoms with Gasteiger partial charge in [-0.15, -0.1) is 11.6 Å². The van der Waals surface area contributed by atoms with Crippen molar-refractivity contribution in [3.63, 3.8) is 0 Å². The van der Waals surface area contributed by atoms with Gasteiger partial charge in [-0.2, -0.15) is 0 Å². The van der Waals surface area contributed by atoms with Crippen molar-refractivity contribution in [2.75, 3.05) is 19.0 Å². The minimum atomic E-state index is -1.09. The van der Waals surface area contributed by atoms with E-state index in [2.05, 4.69) is 10.2 Å². The second kappa shape index (κ2) is 12.7. The van der Waals surface area contributed by atoms with Gasteiger partial charge in [0.15, 0.2) is 0 Å². The molecule has 29 heavy (non-hydrogen) atoms. The number of amides is 1. The van der Waals surface area contributed by atoms with Crippen LogP contribution in [-0.4, -0.2) is 63.9 Å². The van der Waals surface area contributed by atoms with Crippen LogP contribution in [0, 0.1) is 0 Å². The number of carbonyl (C=O) groups is 2. The second-order valence-electron chi connectivity index (χ2n) is 8.06. The van der Waals surface area contributed by atoms with Crippen LogP contribution in [-0.2, 0) is 16.1 Å². The molecular formula is C21H33ClN2O5. The fraction of sp³-hybridized carbons (Fsp3) is 0.619. The van der Waals surface area contributed by atoms with Crippen LogP contribution in [0.5, 0.6) is 0 Å². The predicted molar refractivity (Wildman–Crippen MR) is 113 cm³/mol. The second-order valence-corrected chi connectivity index (χ2v) is 8.37. The van der Waals surface area contributed by atoms with Gasteiger partial charge in [0, 0.05) is 19.0 Å². The molecule has 0 saturated heterocycles. The lowest BCUT2D eigenvalue weighted by molar-refractivity contribution is -0.139. The SMILES string of the molecule is CC(C)(C)OC(=O)N[C@@H](CCCCN(Cc1ccccc1)C[C@H](O)CCl)C(=O)O. The smallest absolute Gasteiger partial charge is 0.408 e. The van der Waals surface area contributed by atoms with E-state index in [0.717, 1.165) is 12.0 Å². The molecule has 2 atom stereocenters. The molecule has 1 rings (SSSR count). The Morgan fingerprint density at radius 1 is 1.21 bits per heavy atom. The minimum Gasteiger partial charge on any atom is -0.480 e. The standard InChI is InChI=1S/C21H33ClN2O5/c1-21(2,3)29-20(28)23-18(19(26)27)11-7-8-12-24(15-17(25)13-22)14-16-9-5-4-6-10-16/h4-6,9-10,17-18,25H,7-8,11-15H2,1-3H3,(H,23,28)(H,26,27)/t17-,18+/m1/s1. The van der Waals surface area contributed by atoms with Crippen LogP contribution >= 0.6 is 11.6 Å². The van der Waals surface area contributed by atoms with Crippen molar-refractivity contribution in [2.45, 2.75) is 64.3 Å². The van der Waals surface area contributed by atoms with Crippen LogP contribution in [0.1, 0.15) is 45.6 Å². The van der Waals surface area contributed by atoms with Crippen molar-refractivity contribution < 1.29 is 24.5 Å².